The molecule has 2 rings (SSSR count). The van der Waals surface area contributed by atoms with E-state index in [0.29, 0.717) is 5.88 Å². The number of nitrogens with zero attached hydrogens (tertiary/aromatic N) is 2. The molecular weight excluding hydrogens is 271 g/mol. The smallest absolute Gasteiger partial charge is 0.448 e. The third-order valence-electron chi connectivity index (χ3n) is 3.70. The van der Waals surface area contributed by atoms with Gasteiger partial charge in [0, 0.05) is 12.3 Å². The molecule has 6 nitrogen and oxygen atoms in total. The van der Waals surface area contributed by atoms with E-state index in [-0.39, 0.29) is 5.66 Å². The molecule has 0 bridgehead atoms. The van der Waals surface area contributed by atoms with Crippen LogP contribution in [0.15, 0.2) is 29.1 Å². The first-order valence-electron chi connectivity index (χ1n) is 6.79. The Kier molecular flexibility index (Phi) is 4.01. The van der Waals surface area contributed by atoms with E-state index in [9.17, 15) is 10.1 Å². The SMILES string of the molecule is Cc1cn(-c2ccc(B(O)OC(C)(C)C(C)(C)O)o2)cn1. The topological polar surface area (TPSA) is 80.7 Å². The molecule has 0 aliphatic heterocycles. The van der Waals surface area contributed by atoms with Gasteiger partial charge in [0.05, 0.1) is 16.9 Å². The average molecular weight is 292 g/mol. The van der Waals surface area contributed by atoms with Crippen LogP contribution < -0.4 is 5.66 Å². The Bertz CT molecular complexity index is 613. The molecule has 0 spiro atoms. The molecule has 2 N–H and O–H groups in total. The molecule has 0 aliphatic rings. The van der Waals surface area contributed by atoms with Crippen molar-refractivity contribution in [1.29, 1.82) is 0 Å². The lowest BCUT2D eigenvalue weighted by molar-refractivity contribution is -0.0986. The molecule has 0 unspecified atom stereocenters. The predicted octanol–water partition coefficient (Wildman–Crippen LogP) is 1.03. The highest BCUT2D eigenvalue weighted by Gasteiger charge is 2.40. The molecule has 21 heavy (non-hydrogen) atoms. The fraction of sp³-hybridized carbons (Fsp3) is 0.500. The summed E-state index contributed by atoms with van der Waals surface area (Å²) in [4.78, 5) is 4.11. The Hall–Kier alpha value is -1.57. The van der Waals surface area contributed by atoms with Crippen LogP contribution >= 0.6 is 0 Å². The molecule has 2 aromatic heterocycles. The molecule has 0 saturated heterocycles. The summed E-state index contributed by atoms with van der Waals surface area (Å²) < 4.78 is 12.8. The van der Waals surface area contributed by atoms with Crippen molar-refractivity contribution in [3.63, 3.8) is 0 Å². The number of aromatic nitrogens is 2. The van der Waals surface area contributed by atoms with Gasteiger partial charge in [-0.3, -0.25) is 4.57 Å². The molecule has 0 amide bonds. The monoisotopic (exact) mass is 292 g/mol. The Morgan fingerprint density at radius 2 is 1.95 bits per heavy atom. The van der Waals surface area contributed by atoms with Gasteiger partial charge in [0.2, 0.25) is 5.88 Å². The second-order valence-electron chi connectivity index (χ2n) is 6.14. The van der Waals surface area contributed by atoms with Crippen LogP contribution in [0.5, 0.6) is 0 Å². The zero-order chi connectivity index (χ0) is 15.8. The normalized spacial score (nSPS) is 12.7. The van der Waals surface area contributed by atoms with E-state index in [1.54, 1.807) is 50.7 Å². The third-order valence-corrected chi connectivity index (χ3v) is 3.70. The number of hydrogen-bond acceptors (Lipinski definition) is 5. The standard InChI is InChI=1S/C14H21BN2O4/c1-10-8-17(9-16-10)12-7-6-11(20-12)15(19)21-14(4,5)13(2,3)18/h6-9,18-19H,1-5H3. The van der Waals surface area contributed by atoms with Crippen LogP contribution in [0.4, 0.5) is 0 Å². The summed E-state index contributed by atoms with van der Waals surface area (Å²) in [6, 6.07) is 3.36. The van der Waals surface area contributed by atoms with Gasteiger partial charge >= 0.3 is 7.12 Å². The highest BCUT2D eigenvalue weighted by Crippen LogP contribution is 2.25. The van der Waals surface area contributed by atoms with Crippen LogP contribution in [0.1, 0.15) is 33.4 Å². The molecule has 2 aromatic rings. The van der Waals surface area contributed by atoms with E-state index in [1.807, 2.05) is 13.1 Å². The summed E-state index contributed by atoms with van der Waals surface area (Å²) in [5.74, 6) is 0.536. The maximum atomic E-state index is 10.1. The van der Waals surface area contributed by atoms with Crippen molar-refractivity contribution in [3.05, 3.63) is 30.4 Å². The van der Waals surface area contributed by atoms with E-state index >= 15 is 0 Å². The van der Waals surface area contributed by atoms with Gasteiger partial charge in [-0.05, 0) is 40.7 Å². The zero-order valence-corrected chi connectivity index (χ0v) is 13.0. The molecule has 0 fully saturated rings. The van der Waals surface area contributed by atoms with Crippen LogP contribution in [-0.4, -0.2) is 38.0 Å². The molecule has 0 aliphatic carbocycles. The Balaban J connectivity index is 2.14. The molecule has 0 atom stereocenters. The van der Waals surface area contributed by atoms with Gasteiger partial charge in [-0.1, -0.05) is 0 Å². The maximum Gasteiger partial charge on any atom is 0.529 e. The van der Waals surface area contributed by atoms with Crippen molar-refractivity contribution in [3.8, 4) is 5.88 Å². The number of aryl methyl sites for hydroxylation is 1. The second kappa shape index (κ2) is 5.33. The van der Waals surface area contributed by atoms with E-state index in [0.717, 1.165) is 5.69 Å². The van der Waals surface area contributed by atoms with Crippen LogP contribution in [0.25, 0.3) is 5.88 Å². The van der Waals surface area contributed by atoms with Crippen LogP contribution in [0, 0.1) is 6.92 Å². The summed E-state index contributed by atoms with van der Waals surface area (Å²) >= 11 is 0. The van der Waals surface area contributed by atoms with Gasteiger partial charge in [-0.2, -0.15) is 0 Å². The van der Waals surface area contributed by atoms with E-state index in [4.69, 9.17) is 9.07 Å². The predicted molar refractivity (Wildman–Crippen MR) is 79.6 cm³/mol. The van der Waals surface area contributed by atoms with Gasteiger partial charge in [0.15, 0.2) is 0 Å². The molecule has 0 saturated carbocycles. The van der Waals surface area contributed by atoms with Crippen LogP contribution in [0.3, 0.4) is 0 Å². The van der Waals surface area contributed by atoms with Gasteiger partial charge in [0.25, 0.3) is 0 Å². The number of hydrogen-bond donors (Lipinski definition) is 2. The first kappa shape index (κ1) is 15.8. The molecular formula is C14H21BN2O4. The zero-order valence-electron chi connectivity index (χ0n) is 13.0. The van der Waals surface area contributed by atoms with E-state index in [2.05, 4.69) is 4.98 Å². The third kappa shape index (κ3) is 3.37. The molecule has 7 heteroatoms. The largest absolute Gasteiger partial charge is 0.529 e. The summed E-state index contributed by atoms with van der Waals surface area (Å²) in [7, 11) is -1.26. The minimum Gasteiger partial charge on any atom is -0.448 e. The van der Waals surface area contributed by atoms with Crippen molar-refractivity contribution >= 4 is 12.8 Å². The van der Waals surface area contributed by atoms with Gasteiger partial charge in [0.1, 0.15) is 12.0 Å². The minimum atomic E-state index is -1.26. The summed E-state index contributed by atoms with van der Waals surface area (Å²) in [6.45, 7) is 8.55. The lowest BCUT2D eigenvalue weighted by Gasteiger charge is -2.38. The van der Waals surface area contributed by atoms with Gasteiger partial charge in [-0.25, -0.2) is 4.98 Å². The Morgan fingerprint density at radius 1 is 1.29 bits per heavy atom. The van der Waals surface area contributed by atoms with Crippen molar-refractivity contribution in [2.75, 3.05) is 0 Å². The summed E-state index contributed by atoms with van der Waals surface area (Å²) in [5.41, 5.74) is -0.905. The van der Waals surface area contributed by atoms with Crippen LogP contribution in [-0.2, 0) is 4.65 Å². The molecule has 2 heterocycles. The summed E-state index contributed by atoms with van der Waals surface area (Å²) in [5, 5.41) is 20.2. The second-order valence-corrected chi connectivity index (χ2v) is 6.14. The average Bonchev–Trinajstić information content (AvgIpc) is 2.94. The fourth-order valence-corrected chi connectivity index (χ4v) is 1.64. The fourth-order valence-electron chi connectivity index (χ4n) is 1.64. The lowest BCUT2D eigenvalue weighted by atomic mass is 9.81. The molecule has 0 radical (unpaired) electrons. The lowest BCUT2D eigenvalue weighted by Crippen LogP contribution is -2.52. The van der Waals surface area contributed by atoms with Gasteiger partial charge < -0.3 is 19.2 Å². The molecule has 114 valence electrons. The van der Waals surface area contributed by atoms with Gasteiger partial charge in [-0.15, -0.1) is 0 Å². The number of aliphatic hydroxyl groups is 1. The number of furan rings is 1. The number of imidazole rings is 1. The summed E-state index contributed by atoms with van der Waals surface area (Å²) in [6.07, 6.45) is 3.45. The van der Waals surface area contributed by atoms with Crippen LogP contribution in [0.2, 0.25) is 0 Å². The van der Waals surface area contributed by atoms with E-state index in [1.165, 1.54) is 0 Å². The highest BCUT2D eigenvalue weighted by atomic mass is 16.6. The maximum absolute atomic E-state index is 10.1. The van der Waals surface area contributed by atoms with Crippen molar-refractivity contribution in [2.45, 2.75) is 45.8 Å². The van der Waals surface area contributed by atoms with E-state index < -0.39 is 18.3 Å². The van der Waals surface area contributed by atoms with Crippen molar-refractivity contribution < 1.29 is 19.2 Å². The van der Waals surface area contributed by atoms with Crippen molar-refractivity contribution in [2.24, 2.45) is 0 Å². The van der Waals surface area contributed by atoms with Crippen molar-refractivity contribution in [1.82, 2.24) is 9.55 Å². The Labute approximate surface area is 124 Å². The first-order valence-corrected chi connectivity index (χ1v) is 6.79. The minimum absolute atomic E-state index is 0.272. The highest BCUT2D eigenvalue weighted by molar-refractivity contribution is 6.58. The Morgan fingerprint density at radius 3 is 2.48 bits per heavy atom. The molecule has 0 aromatic carbocycles. The number of rotatable bonds is 5. The quantitative estimate of drug-likeness (QED) is 0.804. The first-order chi connectivity index (χ1) is 9.60.